The minimum Gasteiger partial charge on any atom is -0.465 e. The van der Waals surface area contributed by atoms with Crippen LogP contribution in [0.2, 0.25) is 0 Å². The number of rotatable bonds is 6. The molecule has 2 aromatic rings. The van der Waals surface area contributed by atoms with E-state index in [2.05, 4.69) is 20.6 Å². The van der Waals surface area contributed by atoms with E-state index in [-0.39, 0.29) is 12.5 Å². The quantitative estimate of drug-likeness (QED) is 0.213. The number of nitrogens with zero attached hydrogens (tertiary/aromatic N) is 2. The molecule has 2 aliphatic rings. The monoisotopic (exact) mass is 602 g/mol. The van der Waals surface area contributed by atoms with E-state index in [1.165, 1.54) is 23.5 Å². The molecular weight excluding hydrogens is 572 g/mol. The van der Waals surface area contributed by atoms with Gasteiger partial charge in [0.05, 0.1) is 18.9 Å². The molecule has 0 fully saturated rings. The highest BCUT2D eigenvalue weighted by Gasteiger charge is 2.40. The Labute approximate surface area is 247 Å². The Morgan fingerprint density at radius 3 is 2.02 bits per heavy atom. The number of aliphatic imine (C=N–C) groups is 2. The lowest BCUT2D eigenvalue weighted by molar-refractivity contribution is -0.153. The number of halogens is 1. The molecule has 0 spiro atoms. The Hall–Kier alpha value is -3.28. The third kappa shape index (κ3) is 7.89. The number of alkyl halides is 1. The van der Waals surface area contributed by atoms with Crippen molar-refractivity contribution in [3.8, 4) is 0 Å². The van der Waals surface area contributed by atoms with Crippen LogP contribution in [0.5, 0.6) is 0 Å². The minimum atomic E-state index is -0.937. The van der Waals surface area contributed by atoms with Crippen LogP contribution >= 0.6 is 35.1 Å². The molecular formula is C28H31ClN4O5S2. The van der Waals surface area contributed by atoms with Crippen molar-refractivity contribution in [2.24, 2.45) is 15.9 Å². The van der Waals surface area contributed by atoms with E-state index in [1.807, 2.05) is 73.2 Å². The summed E-state index contributed by atoms with van der Waals surface area (Å²) >= 11 is 9.02. The third-order valence-electron chi connectivity index (χ3n) is 5.68. The Morgan fingerprint density at radius 1 is 0.875 bits per heavy atom. The van der Waals surface area contributed by atoms with Crippen molar-refractivity contribution in [3.63, 3.8) is 0 Å². The molecule has 0 saturated heterocycles. The maximum Gasteiger partial charge on any atom is 0.339 e. The lowest BCUT2D eigenvalue weighted by Crippen LogP contribution is -2.45. The molecule has 2 aromatic carbocycles. The van der Waals surface area contributed by atoms with E-state index in [9.17, 15) is 14.4 Å². The van der Waals surface area contributed by atoms with E-state index in [0.717, 1.165) is 11.1 Å². The number of hydrogen-bond donors (Lipinski definition) is 2. The fraction of sp³-hybridized carbons (Fsp3) is 0.321. The van der Waals surface area contributed by atoms with Crippen LogP contribution < -0.4 is 10.6 Å². The number of benzene rings is 2. The van der Waals surface area contributed by atoms with Gasteiger partial charge in [-0.1, -0.05) is 95.8 Å². The highest BCUT2D eigenvalue weighted by molar-refractivity contribution is 8.13. The standard InChI is InChI=1S/C14H15ClN2O2S.C14H16N2O3S/c1-3-19-13(18)10-11(9-7-5-4-6-8-9)16-14(20-2)17-12(10)15;1-3-19-13(18)10-11(9-7-5-4-6-8-9)15-14(20-2)16-12(10)17/h4-8,12H,3H2,1-2H3,(H,16,17);4-8,10-11H,3H2,1-2H3,(H,15,16,17). The van der Waals surface area contributed by atoms with Gasteiger partial charge in [-0.2, -0.15) is 0 Å². The third-order valence-corrected chi connectivity index (χ3v) is 7.19. The van der Waals surface area contributed by atoms with Gasteiger partial charge in [-0.15, -0.1) is 0 Å². The number of carbonyl (C=O) groups excluding carboxylic acids is 3. The lowest BCUT2D eigenvalue weighted by Gasteiger charge is -2.27. The predicted octanol–water partition coefficient (Wildman–Crippen LogP) is 4.60. The summed E-state index contributed by atoms with van der Waals surface area (Å²) in [4.78, 5) is 45.0. The molecule has 2 aliphatic heterocycles. The first-order valence-corrected chi connectivity index (χ1v) is 15.4. The van der Waals surface area contributed by atoms with Crippen molar-refractivity contribution in [3.05, 3.63) is 77.4 Å². The fourth-order valence-corrected chi connectivity index (χ4v) is 5.08. The predicted molar refractivity (Wildman–Crippen MR) is 162 cm³/mol. The molecule has 9 nitrogen and oxygen atoms in total. The zero-order valence-electron chi connectivity index (χ0n) is 22.5. The van der Waals surface area contributed by atoms with Gasteiger partial charge in [0.15, 0.2) is 21.8 Å². The first-order chi connectivity index (χ1) is 19.3. The molecule has 3 unspecified atom stereocenters. The highest BCUT2D eigenvalue weighted by atomic mass is 35.5. The lowest BCUT2D eigenvalue weighted by atomic mass is 9.92. The topological polar surface area (TPSA) is 118 Å². The second-order valence-corrected chi connectivity index (χ2v) is 10.2. The normalized spacial score (nSPS) is 20.1. The number of thioether (sulfide) groups is 2. The zero-order valence-corrected chi connectivity index (χ0v) is 24.9. The van der Waals surface area contributed by atoms with Crippen LogP contribution in [0.15, 0.2) is 76.2 Å². The van der Waals surface area contributed by atoms with Crippen LogP contribution in [-0.4, -0.2) is 59.4 Å². The molecule has 1 amide bonds. The summed E-state index contributed by atoms with van der Waals surface area (Å²) in [7, 11) is 0. The summed E-state index contributed by atoms with van der Waals surface area (Å²) < 4.78 is 10.1. The van der Waals surface area contributed by atoms with E-state index in [1.54, 1.807) is 13.8 Å². The van der Waals surface area contributed by atoms with Gasteiger partial charge in [-0.3, -0.25) is 14.6 Å². The van der Waals surface area contributed by atoms with Gasteiger partial charge in [0.1, 0.15) is 11.6 Å². The second kappa shape index (κ2) is 15.5. The molecule has 0 bridgehead atoms. The number of amides is 1. The van der Waals surface area contributed by atoms with Crippen molar-refractivity contribution in [2.45, 2.75) is 25.4 Å². The molecule has 12 heteroatoms. The summed E-state index contributed by atoms with van der Waals surface area (Å²) in [6, 6.07) is 18.3. The maximum atomic E-state index is 12.2. The molecule has 2 heterocycles. The van der Waals surface area contributed by atoms with Crippen molar-refractivity contribution in [2.75, 3.05) is 25.7 Å². The van der Waals surface area contributed by atoms with E-state index < -0.39 is 29.4 Å². The van der Waals surface area contributed by atoms with Gasteiger partial charge in [0, 0.05) is 0 Å². The Kier molecular flexibility index (Phi) is 12.1. The van der Waals surface area contributed by atoms with E-state index >= 15 is 0 Å². The maximum absolute atomic E-state index is 12.2. The van der Waals surface area contributed by atoms with Crippen LogP contribution in [0.25, 0.3) is 5.70 Å². The molecule has 3 atom stereocenters. The molecule has 0 aliphatic carbocycles. The number of amidine groups is 2. The van der Waals surface area contributed by atoms with Crippen molar-refractivity contribution >= 4 is 69.0 Å². The number of ether oxygens (including phenoxy) is 2. The number of carbonyl (C=O) groups is 3. The SMILES string of the molecule is CCOC(=O)C1=C(c2ccccc2)NC(SC)=NC1Cl.CCOC(=O)C1C(=O)NC(SC)=NC1c1ccccc1. The molecule has 0 radical (unpaired) electrons. The van der Waals surface area contributed by atoms with Crippen LogP contribution in [-0.2, 0) is 23.9 Å². The Bertz CT molecular complexity index is 1290. The summed E-state index contributed by atoms with van der Waals surface area (Å²) in [6.45, 7) is 4.01. The Balaban J connectivity index is 0.000000220. The van der Waals surface area contributed by atoms with Crippen molar-refractivity contribution in [1.29, 1.82) is 0 Å². The largest absolute Gasteiger partial charge is 0.465 e. The first kappa shape index (κ1) is 31.3. The number of hydrogen-bond acceptors (Lipinski definition) is 10. The summed E-state index contributed by atoms with van der Waals surface area (Å²) in [5.74, 6) is -2.28. The Morgan fingerprint density at radius 2 is 1.45 bits per heavy atom. The van der Waals surface area contributed by atoms with Crippen molar-refractivity contribution < 1.29 is 23.9 Å². The van der Waals surface area contributed by atoms with Gasteiger partial charge in [-0.25, -0.2) is 9.79 Å². The van der Waals surface area contributed by atoms with Crippen LogP contribution in [0.4, 0.5) is 0 Å². The van der Waals surface area contributed by atoms with Gasteiger partial charge >= 0.3 is 11.9 Å². The second-order valence-electron chi connectivity index (χ2n) is 8.19. The van der Waals surface area contributed by atoms with Gasteiger partial charge in [0.25, 0.3) is 0 Å². The molecule has 40 heavy (non-hydrogen) atoms. The smallest absolute Gasteiger partial charge is 0.339 e. The summed E-state index contributed by atoms with van der Waals surface area (Å²) in [5, 5.41) is 6.97. The van der Waals surface area contributed by atoms with Crippen molar-refractivity contribution in [1.82, 2.24) is 10.6 Å². The van der Waals surface area contributed by atoms with Gasteiger partial charge in [-0.05, 0) is 37.5 Å². The number of nitrogens with one attached hydrogen (secondary N) is 2. The average molecular weight is 603 g/mol. The van der Waals surface area contributed by atoms with Gasteiger partial charge < -0.3 is 20.1 Å². The average Bonchev–Trinajstić information content (AvgIpc) is 2.97. The van der Waals surface area contributed by atoms with Crippen LogP contribution in [0, 0.1) is 5.92 Å². The van der Waals surface area contributed by atoms with Crippen LogP contribution in [0.1, 0.15) is 31.0 Å². The molecule has 4 rings (SSSR count). The molecule has 0 aromatic heterocycles. The van der Waals surface area contributed by atoms with Gasteiger partial charge in [0.2, 0.25) is 5.91 Å². The molecule has 212 valence electrons. The van der Waals surface area contributed by atoms with E-state index in [0.29, 0.717) is 28.2 Å². The zero-order chi connectivity index (χ0) is 29.1. The number of esters is 2. The minimum absolute atomic E-state index is 0.239. The van der Waals surface area contributed by atoms with E-state index in [4.69, 9.17) is 21.1 Å². The summed E-state index contributed by atoms with van der Waals surface area (Å²) in [5.41, 5.74) is 1.96. The summed E-state index contributed by atoms with van der Waals surface area (Å²) in [6.07, 6.45) is 3.72. The first-order valence-electron chi connectivity index (χ1n) is 12.5. The van der Waals surface area contributed by atoms with Crippen LogP contribution in [0.3, 0.4) is 0 Å². The highest BCUT2D eigenvalue weighted by Crippen LogP contribution is 2.31. The molecule has 0 saturated carbocycles. The fourth-order valence-electron chi connectivity index (χ4n) is 3.89. The molecule has 2 N–H and O–H groups in total.